The van der Waals surface area contributed by atoms with Gasteiger partial charge in [0.2, 0.25) is 0 Å². The van der Waals surface area contributed by atoms with Crippen LogP contribution >= 0.6 is 11.3 Å². The number of rotatable bonds is 6. The predicted octanol–water partition coefficient (Wildman–Crippen LogP) is 2.22. The molecule has 1 aromatic heterocycles. The van der Waals surface area contributed by atoms with Gasteiger partial charge < -0.3 is 15.2 Å². The highest BCUT2D eigenvalue weighted by Gasteiger charge is 2.27. The molecule has 2 heterocycles. The van der Waals surface area contributed by atoms with Gasteiger partial charge in [0.1, 0.15) is 22.8 Å². The molecule has 0 radical (unpaired) electrons. The standard InChI is InChI=1S/C14H20N2O4S/c1-3-8(2)11(14(18)19)16-12(17)9-7-21-13(15-9)10-5-4-6-20-10/h7-8,10-11H,3-6H2,1-2H3,(H,16,17)(H,18,19). The van der Waals surface area contributed by atoms with Gasteiger partial charge in [-0.2, -0.15) is 0 Å². The Labute approximate surface area is 127 Å². The summed E-state index contributed by atoms with van der Waals surface area (Å²) in [6.07, 6.45) is 2.57. The van der Waals surface area contributed by atoms with E-state index < -0.39 is 17.9 Å². The zero-order valence-electron chi connectivity index (χ0n) is 12.2. The number of carbonyl (C=O) groups is 2. The quantitative estimate of drug-likeness (QED) is 0.841. The number of carboxylic acid groups (broad SMARTS) is 1. The molecule has 1 amide bonds. The zero-order chi connectivity index (χ0) is 15.4. The highest BCUT2D eigenvalue weighted by Crippen LogP contribution is 2.30. The second-order valence-corrected chi connectivity index (χ2v) is 6.14. The number of carbonyl (C=O) groups excluding carboxylic acids is 1. The summed E-state index contributed by atoms with van der Waals surface area (Å²) in [6, 6.07) is -0.893. The van der Waals surface area contributed by atoms with Gasteiger partial charge in [0, 0.05) is 12.0 Å². The maximum atomic E-state index is 12.1. The largest absolute Gasteiger partial charge is 0.480 e. The second-order valence-electron chi connectivity index (χ2n) is 5.25. The van der Waals surface area contributed by atoms with Gasteiger partial charge in [0.25, 0.3) is 5.91 Å². The molecule has 1 saturated heterocycles. The van der Waals surface area contributed by atoms with E-state index in [0.29, 0.717) is 6.42 Å². The van der Waals surface area contributed by atoms with Crippen LogP contribution in [0.3, 0.4) is 0 Å². The van der Waals surface area contributed by atoms with Gasteiger partial charge in [-0.15, -0.1) is 11.3 Å². The van der Waals surface area contributed by atoms with Crippen molar-refractivity contribution in [1.29, 1.82) is 0 Å². The molecule has 0 aliphatic carbocycles. The SMILES string of the molecule is CCC(C)C(NC(=O)c1csc(C2CCCO2)n1)C(=O)O. The maximum absolute atomic E-state index is 12.1. The smallest absolute Gasteiger partial charge is 0.326 e. The average molecular weight is 312 g/mol. The highest BCUT2D eigenvalue weighted by atomic mass is 32.1. The molecule has 0 bridgehead atoms. The third kappa shape index (κ3) is 3.79. The lowest BCUT2D eigenvalue weighted by atomic mass is 9.99. The van der Waals surface area contributed by atoms with Crippen LogP contribution in [-0.2, 0) is 9.53 Å². The molecule has 3 unspecified atom stereocenters. The second kappa shape index (κ2) is 7.00. The fourth-order valence-electron chi connectivity index (χ4n) is 2.21. The highest BCUT2D eigenvalue weighted by molar-refractivity contribution is 7.09. The Bertz CT molecular complexity index is 511. The van der Waals surface area contributed by atoms with E-state index in [4.69, 9.17) is 4.74 Å². The minimum Gasteiger partial charge on any atom is -0.480 e. The van der Waals surface area contributed by atoms with Crippen molar-refractivity contribution < 1.29 is 19.4 Å². The third-order valence-electron chi connectivity index (χ3n) is 3.73. The first-order valence-electron chi connectivity index (χ1n) is 7.13. The molecule has 3 atom stereocenters. The summed E-state index contributed by atoms with van der Waals surface area (Å²) >= 11 is 1.38. The van der Waals surface area contributed by atoms with E-state index in [0.717, 1.165) is 24.5 Å². The van der Waals surface area contributed by atoms with E-state index in [1.165, 1.54) is 11.3 Å². The van der Waals surface area contributed by atoms with E-state index >= 15 is 0 Å². The number of nitrogens with zero attached hydrogens (tertiary/aromatic N) is 1. The van der Waals surface area contributed by atoms with Crippen molar-refractivity contribution >= 4 is 23.2 Å². The van der Waals surface area contributed by atoms with Gasteiger partial charge in [0.05, 0.1) is 0 Å². The number of aromatic nitrogens is 1. The van der Waals surface area contributed by atoms with E-state index in [1.807, 2.05) is 6.92 Å². The molecule has 6 nitrogen and oxygen atoms in total. The number of amides is 1. The van der Waals surface area contributed by atoms with Crippen molar-refractivity contribution in [3.05, 3.63) is 16.1 Å². The summed E-state index contributed by atoms with van der Waals surface area (Å²) in [7, 11) is 0. The third-order valence-corrected chi connectivity index (χ3v) is 4.66. The molecule has 1 aliphatic heterocycles. The summed E-state index contributed by atoms with van der Waals surface area (Å²) in [5.41, 5.74) is 0.264. The zero-order valence-corrected chi connectivity index (χ0v) is 13.0. The first kappa shape index (κ1) is 15.9. The molecule has 0 spiro atoms. The Morgan fingerprint density at radius 2 is 2.38 bits per heavy atom. The van der Waals surface area contributed by atoms with Crippen molar-refractivity contribution in [2.45, 2.75) is 45.3 Å². The number of aliphatic carboxylic acids is 1. The van der Waals surface area contributed by atoms with Crippen LogP contribution in [0.5, 0.6) is 0 Å². The van der Waals surface area contributed by atoms with E-state index in [2.05, 4.69) is 10.3 Å². The fourth-order valence-corrected chi connectivity index (χ4v) is 3.09. The monoisotopic (exact) mass is 312 g/mol. The van der Waals surface area contributed by atoms with Crippen molar-refractivity contribution in [1.82, 2.24) is 10.3 Å². The van der Waals surface area contributed by atoms with Crippen molar-refractivity contribution in [3.63, 3.8) is 0 Å². The number of hydrogen-bond donors (Lipinski definition) is 2. The topological polar surface area (TPSA) is 88.5 Å². The number of hydrogen-bond acceptors (Lipinski definition) is 5. The van der Waals surface area contributed by atoms with Gasteiger partial charge in [-0.3, -0.25) is 4.79 Å². The lowest BCUT2D eigenvalue weighted by Crippen LogP contribution is -2.45. The van der Waals surface area contributed by atoms with Crippen molar-refractivity contribution in [3.8, 4) is 0 Å². The number of ether oxygens (including phenoxy) is 1. The Hall–Kier alpha value is -1.47. The minimum absolute atomic E-state index is 0.0265. The normalized spacial score (nSPS) is 21.0. The molecule has 0 saturated carbocycles. The summed E-state index contributed by atoms with van der Waals surface area (Å²) in [5.74, 6) is -1.60. The van der Waals surface area contributed by atoms with Crippen LogP contribution in [0.15, 0.2) is 5.38 Å². The molecular formula is C14H20N2O4S. The molecule has 1 aromatic rings. The number of nitrogens with one attached hydrogen (secondary N) is 1. The first-order valence-corrected chi connectivity index (χ1v) is 8.01. The van der Waals surface area contributed by atoms with Crippen LogP contribution in [0.4, 0.5) is 0 Å². The van der Waals surface area contributed by atoms with Crippen LogP contribution < -0.4 is 5.32 Å². The first-order chi connectivity index (χ1) is 10.0. The van der Waals surface area contributed by atoms with Gasteiger partial charge in [-0.25, -0.2) is 9.78 Å². The predicted molar refractivity (Wildman–Crippen MR) is 78.4 cm³/mol. The van der Waals surface area contributed by atoms with E-state index in [9.17, 15) is 14.7 Å². The van der Waals surface area contributed by atoms with Gasteiger partial charge >= 0.3 is 5.97 Å². The lowest BCUT2D eigenvalue weighted by molar-refractivity contribution is -0.140. The Morgan fingerprint density at radius 3 is 2.95 bits per heavy atom. The van der Waals surface area contributed by atoms with Crippen LogP contribution in [-0.4, -0.2) is 34.6 Å². The number of thiazole rings is 1. The molecule has 2 N–H and O–H groups in total. The van der Waals surface area contributed by atoms with E-state index in [1.54, 1.807) is 12.3 Å². The maximum Gasteiger partial charge on any atom is 0.326 e. The molecule has 0 aromatic carbocycles. The number of carboxylic acids is 1. The summed E-state index contributed by atoms with van der Waals surface area (Å²) < 4.78 is 5.53. The lowest BCUT2D eigenvalue weighted by Gasteiger charge is -2.19. The van der Waals surface area contributed by atoms with Crippen LogP contribution in [0.1, 0.15) is 54.7 Å². The summed E-state index contributed by atoms with van der Waals surface area (Å²) in [5, 5.41) is 14.2. The summed E-state index contributed by atoms with van der Waals surface area (Å²) in [6.45, 7) is 4.42. The van der Waals surface area contributed by atoms with Gasteiger partial charge in [-0.05, 0) is 18.8 Å². The molecular weight excluding hydrogens is 292 g/mol. The van der Waals surface area contributed by atoms with Crippen molar-refractivity contribution in [2.24, 2.45) is 5.92 Å². The fraction of sp³-hybridized carbons (Fsp3) is 0.643. The Kier molecular flexibility index (Phi) is 5.30. The van der Waals surface area contributed by atoms with Gasteiger partial charge in [0.15, 0.2) is 0 Å². The Balaban J connectivity index is 2.03. The van der Waals surface area contributed by atoms with Gasteiger partial charge in [-0.1, -0.05) is 20.3 Å². The van der Waals surface area contributed by atoms with Crippen LogP contribution in [0.2, 0.25) is 0 Å². The van der Waals surface area contributed by atoms with Crippen LogP contribution in [0, 0.1) is 5.92 Å². The molecule has 7 heteroatoms. The molecule has 116 valence electrons. The average Bonchev–Trinajstić information content (AvgIpc) is 3.12. The van der Waals surface area contributed by atoms with E-state index in [-0.39, 0.29) is 17.7 Å². The van der Waals surface area contributed by atoms with Crippen molar-refractivity contribution in [2.75, 3.05) is 6.61 Å². The summed E-state index contributed by atoms with van der Waals surface area (Å²) in [4.78, 5) is 27.6. The van der Waals surface area contributed by atoms with Crippen LogP contribution in [0.25, 0.3) is 0 Å². The molecule has 2 rings (SSSR count). The minimum atomic E-state index is -1.02. The Morgan fingerprint density at radius 1 is 1.62 bits per heavy atom. The molecule has 1 fully saturated rings. The molecule has 21 heavy (non-hydrogen) atoms. The molecule has 1 aliphatic rings.